The zero-order valence-electron chi connectivity index (χ0n) is 9.41. The Labute approximate surface area is 109 Å². The predicted octanol–water partition coefficient (Wildman–Crippen LogP) is 3.23. The molecule has 0 heterocycles. The summed E-state index contributed by atoms with van der Waals surface area (Å²) in [6.45, 7) is 2.61. The van der Waals surface area contributed by atoms with Gasteiger partial charge in [0.25, 0.3) is 0 Å². The molecule has 0 aromatic rings. The monoisotopic (exact) mass is 330 g/mol. The molecule has 3 nitrogen and oxygen atoms in total. The fraction of sp³-hybridized carbons (Fsp3) is 0.333. The largest absolute Gasteiger partial charge is 0.424 e. The highest BCUT2D eigenvalue weighted by Gasteiger charge is 2.60. The molecule has 0 fully saturated rings. The summed E-state index contributed by atoms with van der Waals surface area (Å²) in [5.74, 6) is -5.09. The number of rotatable bonds is 2. The number of hydrogen-bond acceptors (Lipinski definition) is 3. The van der Waals surface area contributed by atoms with Crippen molar-refractivity contribution >= 4 is 11.9 Å². The van der Waals surface area contributed by atoms with Gasteiger partial charge in [0.2, 0.25) is 0 Å². The topological polar surface area (TPSA) is 43.4 Å². The standard InChI is InChI=1S/C9H3F9O3/c1-2-3(19)21-6(20)4(7(10,11)12)5(8(13,14)15)9(16,17)18/h2H,1H2. The molecule has 0 radical (unpaired) electrons. The fourth-order valence-corrected chi connectivity index (χ4v) is 0.988. The highest BCUT2D eigenvalue weighted by molar-refractivity contribution is 6.00. The van der Waals surface area contributed by atoms with Gasteiger partial charge in [-0.15, -0.1) is 0 Å². The third-order valence-corrected chi connectivity index (χ3v) is 1.66. The maximum atomic E-state index is 12.3. The lowest BCUT2D eigenvalue weighted by molar-refractivity contribution is -0.187. The summed E-state index contributed by atoms with van der Waals surface area (Å²) in [4.78, 5) is 21.3. The molecule has 0 aromatic heterocycles. The van der Waals surface area contributed by atoms with E-state index in [0.717, 1.165) is 0 Å². The second-order valence-electron chi connectivity index (χ2n) is 3.16. The van der Waals surface area contributed by atoms with Crippen molar-refractivity contribution in [3.05, 3.63) is 23.8 Å². The fourth-order valence-electron chi connectivity index (χ4n) is 0.988. The molecule has 0 rings (SSSR count). The number of ether oxygens (including phenoxy) is 1. The minimum Gasteiger partial charge on any atom is -0.386 e. The Morgan fingerprint density at radius 3 is 1.43 bits per heavy atom. The molecule has 0 aromatic carbocycles. The van der Waals surface area contributed by atoms with Crippen molar-refractivity contribution < 1.29 is 53.8 Å². The van der Waals surface area contributed by atoms with E-state index in [1.807, 2.05) is 0 Å². The number of halogens is 9. The zero-order chi connectivity index (χ0) is 17.2. The van der Waals surface area contributed by atoms with Gasteiger partial charge >= 0.3 is 30.5 Å². The number of carbonyl (C=O) groups excluding carboxylic acids is 2. The van der Waals surface area contributed by atoms with Crippen LogP contribution in [-0.4, -0.2) is 30.5 Å². The predicted molar refractivity (Wildman–Crippen MR) is 46.5 cm³/mol. The van der Waals surface area contributed by atoms with E-state index < -0.39 is 41.6 Å². The number of allylic oxidation sites excluding steroid dienone is 1. The molecule has 0 aliphatic heterocycles. The summed E-state index contributed by atoms with van der Waals surface area (Å²) in [5.41, 5.74) is -7.80. The molecule has 0 saturated carbocycles. The van der Waals surface area contributed by atoms with E-state index in [9.17, 15) is 49.1 Å². The molecule has 0 unspecified atom stereocenters. The van der Waals surface area contributed by atoms with Crippen LogP contribution in [0.4, 0.5) is 39.5 Å². The van der Waals surface area contributed by atoms with E-state index in [4.69, 9.17) is 0 Å². The first-order valence-electron chi connectivity index (χ1n) is 4.46. The number of esters is 2. The second kappa shape index (κ2) is 5.77. The summed E-state index contributed by atoms with van der Waals surface area (Å²) >= 11 is 0. The van der Waals surface area contributed by atoms with Gasteiger partial charge in [0.1, 0.15) is 0 Å². The maximum Gasteiger partial charge on any atom is 0.424 e. The SMILES string of the molecule is C=CC(=O)OC(=O)C(=C(C(F)(F)F)C(F)(F)F)C(F)(F)F. The zero-order valence-corrected chi connectivity index (χ0v) is 9.41. The molecule has 12 heteroatoms. The van der Waals surface area contributed by atoms with Gasteiger partial charge in [0, 0.05) is 6.08 Å². The first-order valence-corrected chi connectivity index (χ1v) is 4.46. The van der Waals surface area contributed by atoms with Crippen LogP contribution in [0.5, 0.6) is 0 Å². The van der Waals surface area contributed by atoms with Gasteiger partial charge in [0.15, 0.2) is 11.1 Å². The summed E-state index contributed by atoms with van der Waals surface area (Å²) in [5, 5.41) is 0. The van der Waals surface area contributed by atoms with Gasteiger partial charge in [0.05, 0.1) is 0 Å². The van der Waals surface area contributed by atoms with E-state index in [-0.39, 0.29) is 6.08 Å². The summed E-state index contributed by atoms with van der Waals surface area (Å²) in [7, 11) is 0. The number of hydrogen-bond donors (Lipinski definition) is 0. The van der Waals surface area contributed by atoms with Gasteiger partial charge < -0.3 is 4.74 Å². The van der Waals surface area contributed by atoms with Crippen molar-refractivity contribution in [2.24, 2.45) is 0 Å². The van der Waals surface area contributed by atoms with E-state index in [1.165, 1.54) is 0 Å². The average molecular weight is 330 g/mol. The molecular weight excluding hydrogens is 327 g/mol. The normalized spacial score (nSPS) is 12.6. The average Bonchev–Trinajstić information content (AvgIpc) is 2.19. The Morgan fingerprint density at radius 1 is 0.810 bits per heavy atom. The van der Waals surface area contributed by atoms with Crippen LogP contribution < -0.4 is 0 Å². The van der Waals surface area contributed by atoms with E-state index in [1.54, 1.807) is 0 Å². The first kappa shape index (κ1) is 19.0. The van der Waals surface area contributed by atoms with Gasteiger partial charge in [-0.05, 0) is 0 Å². The first-order chi connectivity index (χ1) is 9.12. The Morgan fingerprint density at radius 2 is 1.19 bits per heavy atom. The Bertz CT molecular complexity index is 462. The lowest BCUT2D eigenvalue weighted by Crippen LogP contribution is -2.36. The van der Waals surface area contributed by atoms with Crippen LogP contribution in [0, 0.1) is 0 Å². The summed E-state index contributed by atoms with van der Waals surface area (Å²) in [6.07, 6.45) is -19.4. The molecule has 0 amide bonds. The van der Waals surface area contributed by atoms with Crippen molar-refractivity contribution in [3.63, 3.8) is 0 Å². The van der Waals surface area contributed by atoms with Crippen LogP contribution in [0.3, 0.4) is 0 Å². The van der Waals surface area contributed by atoms with Crippen LogP contribution >= 0.6 is 0 Å². The molecule has 0 aliphatic rings. The van der Waals surface area contributed by atoms with Crippen molar-refractivity contribution in [2.75, 3.05) is 0 Å². The molecule has 120 valence electrons. The Hall–Kier alpha value is -2.01. The lowest BCUT2D eigenvalue weighted by atomic mass is 10.1. The number of carbonyl (C=O) groups is 2. The lowest BCUT2D eigenvalue weighted by Gasteiger charge is -2.20. The van der Waals surface area contributed by atoms with Crippen LogP contribution in [0.25, 0.3) is 0 Å². The molecule has 0 bridgehead atoms. The smallest absolute Gasteiger partial charge is 0.386 e. The van der Waals surface area contributed by atoms with Gasteiger partial charge in [-0.25, -0.2) is 9.59 Å². The van der Waals surface area contributed by atoms with Crippen molar-refractivity contribution in [1.29, 1.82) is 0 Å². The number of alkyl halides is 9. The van der Waals surface area contributed by atoms with E-state index in [0.29, 0.717) is 0 Å². The molecule has 0 N–H and O–H groups in total. The van der Waals surface area contributed by atoms with Crippen molar-refractivity contribution in [3.8, 4) is 0 Å². The van der Waals surface area contributed by atoms with Gasteiger partial charge in [-0.3, -0.25) is 0 Å². The minimum atomic E-state index is -6.56. The maximum absolute atomic E-state index is 12.3. The van der Waals surface area contributed by atoms with Crippen LogP contribution in [-0.2, 0) is 14.3 Å². The molecule has 0 saturated heterocycles. The second-order valence-corrected chi connectivity index (χ2v) is 3.16. The summed E-state index contributed by atoms with van der Waals surface area (Å²) in [6, 6.07) is 0. The highest BCUT2D eigenvalue weighted by atomic mass is 19.4. The van der Waals surface area contributed by atoms with Crippen molar-refractivity contribution in [1.82, 2.24) is 0 Å². The highest BCUT2D eigenvalue weighted by Crippen LogP contribution is 2.45. The Balaban J connectivity index is 6.34. The van der Waals surface area contributed by atoms with Gasteiger partial charge in [-0.2, -0.15) is 39.5 Å². The third kappa shape index (κ3) is 5.11. The van der Waals surface area contributed by atoms with Crippen LogP contribution in [0.2, 0.25) is 0 Å². The van der Waals surface area contributed by atoms with Crippen LogP contribution in [0.15, 0.2) is 23.8 Å². The van der Waals surface area contributed by atoms with Gasteiger partial charge in [-0.1, -0.05) is 6.58 Å². The van der Waals surface area contributed by atoms with E-state index in [2.05, 4.69) is 11.3 Å². The molecular formula is C9H3F9O3. The minimum absolute atomic E-state index is 0.0761. The molecule has 21 heavy (non-hydrogen) atoms. The Kier molecular flexibility index (Phi) is 5.22. The van der Waals surface area contributed by atoms with E-state index >= 15 is 0 Å². The van der Waals surface area contributed by atoms with Crippen molar-refractivity contribution in [2.45, 2.75) is 18.5 Å². The summed E-state index contributed by atoms with van der Waals surface area (Å²) < 4.78 is 113. The molecule has 0 spiro atoms. The third-order valence-electron chi connectivity index (χ3n) is 1.66. The molecule has 0 atom stereocenters. The molecule has 0 aliphatic carbocycles. The quantitative estimate of drug-likeness (QED) is 0.338. The van der Waals surface area contributed by atoms with Crippen LogP contribution in [0.1, 0.15) is 0 Å².